The summed E-state index contributed by atoms with van der Waals surface area (Å²) in [6, 6.07) is 0.613. The molecular weight excluding hydrogens is 176 g/mol. The van der Waals surface area contributed by atoms with E-state index in [2.05, 4.69) is 28.8 Å². The van der Waals surface area contributed by atoms with Crippen molar-refractivity contribution in [3.8, 4) is 0 Å². The van der Waals surface area contributed by atoms with Gasteiger partial charge in [-0.2, -0.15) is 0 Å². The summed E-state index contributed by atoms with van der Waals surface area (Å²) in [5.41, 5.74) is 8.14. The molecule has 1 aliphatic rings. The van der Waals surface area contributed by atoms with Crippen molar-refractivity contribution < 1.29 is 0 Å². The number of azide groups is 1. The maximum atomic E-state index is 8.14. The molecule has 0 saturated heterocycles. The molecular formula is C10H20N4. The van der Waals surface area contributed by atoms with Gasteiger partial charge in [-0.25, -0.2) is 0 Å². The van der Waals surface area contributed by atoms with Crippen molar-refractivity contribution >= 4 is 0 Å². The van der Waals surface area contributed by atoms with Crippen LogP contribution >= 0.6 is 0 Å². The fraction of sp³-hybridized carbons (Fsp3) is 1.00. The Labute approximate surface area is 85.9 Å². The van der Waals surface area contributed by atoms with E-state index >= 15 is 0 Å². The first-order valence-electron chi connectivity index (χ1n) is 5.49. The molecule has 0 bridgehead atoms. The van der Waals surface area contributed by atoms with Crippen LogP contribution in [0.5, 0.6) is 0 Å². The predicted molar refractivity (Wildman–Crippen MR) is 58.1 cm³/mol. The molecule has 1 saturated carbocycles. The first kappa shape index (κ1) is 11.3. The van der Waals surface area contributed by atoms with Gasteiger partial charge in [-0.3, -0.25) is 0 Å². The van der Waals surface area contributed by atoms with Gasteiger partial charge in [-0.1, -0.05) is 5.11 Å². The van der Waals surface area contributed by atoms with Crippen LogP contribution in [0.3, 0.4) is 0 Å². The van der Waals surface area contributed by atoms with Gasteiger partial charge < -0.3 is 4.90 Å². The van der Waals surface area contributed by atoms with Crippen molar-refractivity contribution in [2.75, 3.05) is 19.6 Å². The van der Waals surface area contributed by atoms with Gasteiger partial charge in [0.25, 0.3) is 0 Å². The van der Waals surface area contributed by atoms with Gasteiger partial charge in [0.15, 0.2) is 0 Å². The Balaban J connectivity index is 2.16. The summed E-state index contributed by atoms with van der Waals surface area (Å²) >= 11 is 0. The number of nitrogens with zero attached hydrogens (tertiary/aromatic N) is 4. The SMILES string of the molecule is CC(C)N(CCCN=[N+]=[N-])CC1CC1. The third-order valence-electron chi connectivity index (χ3n) is 2.69. The molecule has 1 rings (SSSR count). The van der Waals surface area contributed by atoms with Gasteiger partial charge >= 0.3 is 0 Å². The van der Waals surface area contributed by atoms with E-state index in [0.29, 0.717) is 12.6 Å². The molecule has 0 heterocycles. The number of rotatable bonds is 7. The summed E-state index contributed by atoms with van der Waals surface area (Å²) in [6.07, 6.45) is 3.79. The topological polar surface area (TPSA) is 52.0 Å². The van der Waals surface area contributed by atoms with Crippen LogP contribution in [0, 0.1) is 5.92 Å². The molecule has 0 aromatic rings. The van der Waals surface area contributed by atoms with Crippen LogP contribution in [0.1, 0.15) is 33.1 Å². The largest absolute Gasteiger partial charge is 0.301 e. The predicted octanol–water partition coefficient (Wildman–Crippen LogP) is 2.81. The Morgan fingerprint density at radius 3 is 2.71 bits per heavy atom. The summed E-state index contributed by atoms with van der Waals surface area (Å²) < 4.78 is 0. The molecule has 1 aliphatic carbocycles. The van der Waals surface area contributed by atoms with E-state index < -0.39 is 0 Å². The first-order valence-corrected chi connectivity index (χ1v) is 5.49. The lowest BCUT2D eigenvalue weighted by Crippen LogP contribution is -2.33. The highest BCUT2D eigenvalue weighted by Gasteiger charge is 2.24. The van der Waals surface area contributed by atoms with Crippen molar-refractivity contribution in [3.63, 3.8) is 0 Å². The highest BCUT2D eigenvalue weighted by molar-refractivity contribution is 4.78. The molecule has 0 atom stereocenters. The van der Waals surface area contributed by atoms with Gasteiger partial charge in [0.2, 0.25) is 0 Å². The van der Waals surface area contributed by atoms with E-state index in [0.717, 1.165) is 18.9 Å². The molecule has 0 amide bonds. The Morgan fingerprint density at radius 2 is 2.21 bits per heavy atom. The molecule has 0 aromatic heterocycles. The Kier molecular flexibility index (Phi) is 4.77. The fourth-order valence-corrected chi connectivity index (χ4v) is 1.58. The number of hydrogen-bond donors (Lipinski definition) is 0. The second-order valence-corrected chi connectivity index (χ2v) is 4.34. The molecule has 0 radical (unpaired) electrons. The third-order valence-corrected chi connectivity index (χ3v) is 2.69. The van der Waals surface area contributed by atoms with E-state index in [1.54, 1.807) is 0 Å². The maximum absolute atomic E-state index is 8.14. The normalized spacial score (nSPS) is 16.0. The highest BCUT2D eigenvalue weighted by Crippen LogP contribution is 2.30. The van der Waals surface area contributed by atoms with Gasteiger partial charge in [-0.15, -0.1) is 0 Å². The van der Waals surface area contributed by atoms with Crippen LogP contribution in [-0.4, -0.2) is 30.6 Å². The first-order chi connectivity index (χ1) is 6.74. The zero-order valence-corrected chi connectivity index (χ0v) is 9.19. The van der Waals surface area contributed by atoms with Gasteiger partial charge in [0, 0.05) is 24.0 Å². The molecule has 14 heavy (non-hydrogen) atoms. The molecule has 0 unspecified atom stereocenters. The quantitative estimate of drug-likeness (QED) is 0.267. The molecule has 80 valence electrons. The van der Waals surface area contributed by atoms with E-state index in [4.69, 9.17) is 5.53 Å². The lowest BCUT2D eigenvalue weighted by Gasteiger charge is -2.26. The summed E-state index contributed by atoms with van der Waals surface area (Å²) in [5, 5.41) is 3.55. The van der Waals surface area contributed by atoms with E-state index in [1.807, 2.05) is 0 Å². The summed E-state index contributed by atoms with van der Waals surface area (Å²) in [5.74, 6) is 0.942. The van der Waals surface area contributed by atoms with E-state index in [-0.39, 0.29) is 0 Å². The van der Waals surface area contributed by atoms with Gasteiger partial charge in [-0.05, 0) is 51.1 Å². The average molecular weight is 196 g/mol. The van der Waals surface area contributed by atoms with Crippen molar-refractivity contribution in [1.82, 2.24) is 4.90 Å². The second kappa shape index (κ2) is 5.89. The van der Waals surface area contributed by atoms with Crippen LogP contribution in [0.25, 0.3) is 10.4 Å². The molecule has 1 fully saturated rings. The minimum absolute atomic E-state index is 0.613. The summed E-state index contributed by atoms with van der Waals surface area (Å²) in [6.45, 7) is 7.39. The maximum Gasteiger partial charge on any atom is 0.0270 e. The second-order valence-electron chi connectivity index (χ2n) is 4.34. The Hall–Kier alpha value is -0.730. The smallest absolute Gasteiger partial charge is 0.0270 e. The van der Waals surface area contributed by atoms with Crippen LogP contribution in [-0.2, 0) is 0 Å². The highest BCUT2D eigenvalue weighted by atomic mass is 15.2. The zero-order chi connectivity index (χ0) is 10.4. The van der Waals surface area contributed by atoms with Crippen LogP contribution in [0.15, 0.2) is 5.11 Å². The summed E-state index contributed by atoms with van der Waals surface area (Å²) in [4.78, 5) is 5.25. The van der Waals surface area contributed by atoms with Crippen LogP contribution in [0.4, 0.5) is 0 Å². The molecule has 0 aromatic carbocycles. The van der Waals surface area contributed by atoms with E-state index in [9.17, 15) is 0 Å². The fourth-order valence-electron chi connectivity index (χ4n) is 1.58. The molecule has 4 heteroatoms. The Bertz CT molecular complexity index is 204. The van der Waals surface area contributed by atoms with E-state index in [1.165, 1.54) is 19.4 Å². The molecule has 0 N–H and O–H groups in total. The standard InChI is InChI=1S/C10H20N4/c1-9(2)14(8-10-4-5-10)7-3-6-12-13-11/h9-10H,3-8H2,1-2H3. The minimum Gasteiger partial charge on any atom is -0.301 e. The lowest BCUT2D eigenvalue weighted by molar-refractivity contribution is 0.211. The zero-order valence-electron chi connectivity index (χ0n) is 9.19. The lowest BCUT2D eigenvalue weighted by atomic mass is 10.2. The average Bonchev–Trinajstić information content (AvgIpc) is 2.93. The van der Waals surface area contributed by atoms with Crippen molar-refractivity contribution in [2.24, 2.45) is 11.0 Å². The minimum atomic E-state index is 0.613. The molecule has 4 nitrogen and oxygen atoms in total. The van der Waals surface area contributed by atoms with Crippen LogP contribution in [0.2, 0.25) is 0 Å². The molecule has 0 aliphatic heterocycles. The third kappa shape index (κ3) is 4.49. The number of hydrogen-bond acceptors (Lipinski definition) is 2. The van der Waals surface area contributed by atoms with Crippen molar-refractivity contribution in [2.45, 2.75) is 39.2 Å². The summed E-state index contributed by atoms with van der Waals surface area (Å²) in [7, 11) is 0. The van der Waals surface area contributed by atoms with Gasteiger partial charge in [0.1, 0.15) is 0 Å². The van der Waals surface area contributed by atoms with Crippen LogP contribution < -0.4 is 0 Å². The van der Waals surface area contributed by atoms with Crippen molar-refractivity contribution in [1.29, 1.82) is 0 Å². The monoisotopic (exact) mass is 196 g/mol. The van der Waals surface area contributed by atoms with Crippen molar-refractivity contribution in [3.05, 3.63) is 10.4 Å². The molecule has 0 spiro atoms. The van der Waals surface area contributed by atoms with Gasteiger partial charge in [0.05, 0.1) is 0 Å². The Morgan fingerprint density at radius 1 is 1.50 bits per heavy atom.